The zero-order valence-corrected chi connectivity index (χ0v) is 17.3. The number of methoxy groups -OCH3 is 2. The number of rotatable bonds is 8. The molecule has 2 amide bonds. The first-order chi connectivity index (χ1) is 14.0. The highest BCUT2D eigenvalue weighted by atomic mass is 16.5. The average Bonchev–Trinajstić information content (AvgIpc) is 3.01. The zero-order chi connectivity index (χ0) is 21.0. The number of hydrogen-bond donors (Lipinski definition) is 0. The Morgan fingerprint density at radius 3 is 2.24 bits per heavy atom. The lowest BCUT2D eigenvalue weighted by Gasteiger charge is -2.21. The highest BCUT2D eigenvalue weighted by molar-refractivity contribution is 6.36. The third-order valence-corrected chi connectivity index (χ3v) is 5.03. The Kier molecular flexibility index (Phi) is 6.22. The Balaban J connectivity index is 2.14. The molecule has 1 aliphatic heterocycles. The summed E-state index contributed by atoms with van der Waals surface area (Å²) in [5.41, 5.74) is 2.19. The number of unbranched alkanes of at least 4 members (excludes halogenated alkanes) is 1. The van der Waals surface area contributed by atoms with Gasteiger partial charge in [-0.3, -0.25) is 14.5 Å². The van der Waals surface area contributed by atoms with Crippen LogP contribution >= 0.6 is 0 Å². The van der Waals surface area contributed by atoms with Gasteiger partial charge in [0.25, 0.3) is 11.8 Å². The van der Waals surface area contributed by atoms with E-state index in [1.807, 2.05) is 37.3 Å². The second kappa shape index (κ2) is 8.82. The maximum atomic E-state index is 13.3. The van der Waals surface area contributed by atoms with Gasteiger partial charge in [0, 0.05) is 19.3 Å². The van der Waals surface area contributed by atoms with Crippen molar-refractivity contribution in [3.8, 4) is 11.5 Å². The summed E-state index contributed by atoms with van der Waals surface area (Å²) >= 11 is 0. The van der Waals surface area contributed by atoms with Gasteiger partial charge in [0.1, 0.15) is 5.70 Å². The Bertz CT molecular complexity index is 937. The van der Waals surface area contributed by atoms with Gasteiger partial charge in [-0.05, 0) is 36.2 Å². The van der Waals surface area contributed by atoms with E-state index in [1.54, 1.807) is 44.4 Å². The van der Waals surface area contributed by atoms with E-state index in [-0.39, 0.29) is 11.8 Å². The Morgan fingerprint density at radius 1 is 0.931 bits per heavy atom. The molecule has 0 spiro atoms. The number of anilines is 1. The van der Waals surface area contributed by atoms with Crippen LogP contribution < -0.4 is 14.4 Å². The number of carbonyl (C=O) groups is 2. The summed E-state index contributed by atoms with van der Waals surface area (Å²) in [5, 5.41) is 0. The molecule has 152 valence electrons. The van der Waals surface area contributed by atoms with E-state index in [9.17, 15) is 9.59 Å². The number of likely N-dealkylation sites (N-methyl/N-ethyl adjacent to an activating group) is 1. The fraction of sp³-hybridized carbons (Fsp3) is 0.304. The van der Waals surface area contributed by atoms with Crippen LogP contribution in [0.4, 0.5) is 5.69 Å². The summed E-state index contributed by atoms with van der Waals surface area (Å²) in [5.74, 6) is 0.508. The molecule has 6 heteroatoms. The minimum atomic E-state index is -0.284. The molecule has 3 rings (SSSR count). The molecule has 0 saturated carbocycles. The molecule has 2 aromatic carbocycles. The molecule has 6 nitrogen and oxygen atoms in total. The topological polar surface area (TPSA) is 59.1 Å². The van der Waals surface area contributed by atoms with Crippen LogP contribution in [0.15, 0.2) is 54.2 Å². The van der Waals surface area contributed by atoms with Crippen LogP contribution in [0.25, 0.3) is 5.57 Å². The summed E-state index contributed by atoms with van der Waals surface area (Å²) < 4.78 is 10.7. The number of carbonyl (C=O) groups excluding carboxylic acids is 2. The molecule has 1 aliphatic rings. The molecule has 1 heterocycles. The summed E-state index contributed by atoms with van der Waals surface area (Å²) in [6.45, 7) is 2.43. The lowest BCUT2D eigenvalue weighted by atomic mass is 10.0. The minimum absolute atomic E-state index is 0.278. The van der Waals surface area contributed by atoms with Gasteiger partial charge in [0.2, 0.25) is 0 Å². The quantitative estimate of drug-likeness (QED) is 0.639. The monoisotopic (exact) mass is 394 g/mol. The van der Waals surface area contributed by atoms with E-state index in [2.05, 4.69) is 0 Å². The second-order valence-electron chi connectivity index (χ2n) is 6.80. The maximum absolute atomic E-state index is 13.3. The van der Waals surface area contributed by atoms with Gasteiger partial charge in [-0.2, -0.15) is 0 Å². The van der Waals surface area contributed by atoms with E-state index in [0.29, 0.717) is 34.9 Å². The molecular formula is C23H26N2O4. The number of nitrogens with zero attached hydrogens (tertiary/aromatic N) is 2. The first-order valence-electron chi connectivity index (χ1n) is 9.65. The summed E-state index contributed by atoms with van der Waals surface area (Å²) in [6.07, 6.45) is 1.66. The standard InChI is InChI=1S/C23H26N2O4/c1-5-6-14-25-22(26)20(16-12-13-18(28-3)19(15-16)29-4)21(23(25)27)24(2)17-10-8-7-9-11-17/h7-13,15H,5-6,14H2,1-4H3. The van der Waals surface area contributed by atoms with Crippen LogP contribution in [-0.2, 0) is 9.59 Å². The number of amides is 2. The van der Waals surface area contributed by atoms with E-state index in [4.69, 9.17) is 9.47 Å². The number of para-hydroxylation sites is 1. The maximum Gasteiger partial charge on any atom is 0.278 e. The molecule has 0 radical (unpaired) electrons. The third-order valence-electron chi connectivity index (χ3n) is 5.03. The predicted octanol–water partition coefficient (Wildman–Crippen LogP) is 3.72. The minimum Gasteiger partial charge on any atom is -0.493 e. The third kappa shape index (κ3) is 3.83. The fourth-order valence-corrected chi connectivity index (χ4v) is 3.43. The molecule has 0 aliphatic carbocycles. The van der Waals surface area contributed by atoms with Crippen molar-refractivity contribution in [3.05, 3.63) is 59.8 Å². The van der Waals surface area contributed by atoms with Crippen LogP contribution in [0.5, 0.6) is 11.5 Å². The largest absolute Gasteiger partial charge is 0.493 e. The SMILES string of the molecule is CCCCN1C(=O)C(c2ccc(OC)c(OC)c2)=C(N(C)c2ccccc2)C1=O. The molecule has 0 aromatic heterocycles. The Hall–Kier alpha value is -3.28. The molecule has 0 atom stereocenters. The van der Waals surface area contributed by atoms with Gasteiger partial charge in [-0.1, -0.05) is 37.6 Å². The van der Waals surface area contributed by atoms with E-state index < -0.39 is 0 Å². The molecule has 2 aromatic rings. The zero-order valence-electron chi connectivity index (χ0n) is 17.3. The van der Waals surface area contributed by atoms with Crippen LogP contribution in [0.3, 0.4) is 0 Å². The van der Waals surface area contributed by atoms with Crippen LogP contribution in [0, 0.1) is 0 Å². The normalized spacial score (nSPS) is 13.9. The van der Waals surface area contributed by atoms with E-state index in [1.165, 1.54) is 4.90 Å². The van der Waals surface area contributed by atoms with Crippen molar-refractivity contribution in [1.29, 1.82) is 0 Å². The average molecular weight is 394 g/mol. The van der Waals surface area contributed by atoms with Gasteiger partial charge in [0.05, 0.1) is 19.8 Å². The molecule has 0 bridgehead atoms. The second-order valence-corrected chi connectivity index (χ2v) is 6.80. The van der Waals surface area contributed by atoms with Crippen molar-refractivity contribution in [2.24, 2.45) is 0 Å². The molecule has 0 unspecified atom stereocenters. The summed E-state index contributed by atoms with van der Waals surface area (Å²) in [6, 6.07) is 14.8. The van der Waals surface area contributed by atoms with Gasteiger partial charge in [0.15, 0.2) is 11.5 Å². The molecule has 0 N–H and O–H groups in total. The lowest BCUT2D eigenvalue weighted by molar-refractivity contribution is -0.136. The van der Waals surface area contributed by atoms with Gasteiger partial charge < -0.3 is 14.4 Å². The van der Waals surface area contributed by atoms with Gasteiger partial charge in [-0.25, -0.2) is 0 Å². The van der Waals surface area contributed by atoms with E-state index in [0.717, 1.165) is 18.5 Å². The van der Waals surface area contributed by atoms with Crippen LogP contribution in [-0.4, -0.2) is 44.5 Å². The molecule has 0 saturated heterocycles. The van der Waals surface area contributed by atoms with Crippen molar-refractivity contribution in [2.45, 2.75) is 19.8 Å². The van der Waals surface area contributed by atoms with Gasteiger partial charge in [-0.15, -0.1) is 0 Å². The molecule has 29 heavy (non-hydrogen) atoms. The first kappa shape index (κ1) is 20.5. The molecule has 0 fully saturated rings. The fourth-order valence-electron chi connectivity index (χ4n) is 3.43. The lowest BCUT2D eigenvalue weighted by Crippen LogP contribution is -2.35. The number of benzene rings is 2. The highest BCUT2D eigenvalue weighted by Crippen LogP contribution is 2.37. The van der Waals surface area contributed by atoms with E-state index >= 15 is 0 Å². The van der Waals surface area contributed by atoms with Crippen molar-refractivity contribution in [3.63, 3.8) is 0 Å². The summed E-state index contributed by atoms with van der Waals surface area (Å²) in [7, 11) is 4.91. The molecular weight excluding hydrogens is 368 g/mol. The number of hydrogen-bond acceptors (Lipinski definition) is 5. The summed E-state index contributed by atoms with van der Waals surface area (Å²) in [4.78, 5) is 29.6. The number of ether oxygens (including phenoxy) is 2. The smallest absolute Gasteiger partial charge is 0.278 e. The Morgan fingerprint density at radius 2 is 1.62 bits per heavy atom. The first-order valence-corrected chi connectivity index (χ1v) is 9.65. The Labute approximate surface area is 171 Å². The highest BCUT2D eigenvalue weighted by Gasteiger charge is 2.41. The number of imide groups is 1. The predicted molar refractivity (Wildman–Crippen MR) is 113 cm³/mol. The van der Waals surface area contributed by atoms with Crippen molar-refractivity contribution >= 4 is 23.1 Å². The van der Waals surface area contributed by atoms with Crippen LogP contribution in [0.1, 0.15) is 25.3 Å². The van der Waals surface area contributed by atoms with Crippen molar-refractivity contribution in [1.82, 2.24) is 4.90 Å². The van der Waals surface area contributed by atoms with Crippen molar-refractivity contribution < 1.29 is 19.1 Å². The van der Waals surface area contributed by atoms with Crippen molar-refractivity contribution in [2.75, 3.05) is 32.7 Å². The van der Waals surface area contributed by atoms with Crippen LogP contribution in [0.2, 0.25) is 0 Å². The van der Waals surface area contributed by atoms with Gasteiger partial charge >= 0.3 is 0 Å².